The van der Waals surface area contributed by atoms with E-state index in [1.54, 1.807) is 11.3 Å². The van der Waals surface area contributed by atoms with Crippen molar-refractivity contribution in [2.75, 3.05) is 26.2 Å². The minimum absolute atomic E-state index is 0.0883. The molecule has 0 spiro atoms. The van der Waals surface area contributed by atoms with Crippen molar-refractivity contribution in [1.82, 2.24) is 19.2 Å². The summed E-state index contributed by atoms with van der Waals surface area (Å²) in [6.07, 6.45) is 3.02. The molecule has 1 saturated heterocycles. The van der Waals surface area contributed by atoms with Gasteiger partial charge < -0.3 is 4.98 Å². The van der Waals surface area contributed by atoms with Gasteiger partial charge in [-0.25, -0.2) is 17.8 Å². The van der Waals surface area contributed by atoms with Crippen LogP contribution in [0.1, 0.15) is 42.6 Å². The van der Waals surface area contributed by atoms with Crippen molar-refractivity contribution < 1.29 is 12.8 Å². The Labute approximate surface area is 196 Å². The van der Waals surface area contributed by atoms with E-state index in [0.717, 1.165) is 41.1 Å². The smallest absolute Gasteiger partial charge is 0.259 e. The van der Waals surface area contributed by atoms with Gasteiger partial charge in [0.05, 0.1) is 11.4 Å². The Morgan fingerprint density at radius 2 is 1.94 bits per heavy atom. The second kappa shape index (κ2) is 8.57. The Morgan fingerprint density at radius 1 is 1.21 bits per heavy atom. The summed E-state index contributed by atoms with van der Waals surface area (Å²) in [7, 11) is -3.89. The molecule has 2 aromatic heterocycles. The normalized spacial score (nSPS) is 21.2. The number of aromatic nitrogens is 2. The number of thiophene rings is 1. The SMILES string of the molecule is C[C@@H]1CCc2c(sc3nc([C@H](C)N4CCN(S(=O)(=O)c5ccccc5F)CC4)[nH]c(=O)c23)C1. The van der Waals surface area contributed by atoms with Crippen LogP contribution in [0.4, 0.5) is 4.39 Å². The maximum absolute atomic E-state index is 14.1. The van der Waals surface area contributed by atoms with E-state index in [-0.39, 0.29) is 29.6 Å². The highest BCUT2D eigenvalue weighted by molar-refractivity contribution is 7.89. The van der Waals surface area contributed by atoms with Crippen molar-refractivity contribution in [1.29, 1.82) is 0 Å². The van der Waals surface area contributed by atoms with Gasteiger partial charge in [-0.05, 0) is 49.8 Å². The predicted molar refractivity (Wildman–Crippen MR) is 127 cm³/mol. The number of fused-ring (bicyclic) bond motifs is 3. The maximum Gasteiger partial charge on any atom is 0.259 e. The summed E-state index contributed by atoms with van der Waals surface area (Å²) in [5.74, 6) is 0.487. The van der Waals surface area contributed by atoms with Crippen LogP contribution < -0.4 is 5.56 Å². The van der Waals surface area contributed by atoms with Crippen LogP contribution in [-0.2, 0) is 22.9 Å². The highest BCUT2D eigenvalue weighted by atomic mass is 32.2. The van der Waals surface area contributed by atoms with Gasteiger partial charge in [0.15, 0.2) is 0 Å². The summed E-state index contributed by atoms with van der Waals surface area (Å²) in [6.45, 7) is 5.65. The number of hydrogen-bond acceptors (Lipinski definition) is 6. The summed E-state index contributed by atoms with van der Waals surface area (Å²) < 4.78 is 41.2. The average molecular weight is 491 g/mol. The lowest BCUT2D eigenvalue weighted by Gasteiger charge is -2.36. The van der Waals surface area contributed by atoms with E-state index in [1.165, 1.54) is 27.4 Å². The molecule has 0 saturated carbocycles. The van der Waals surface area contributed by atoms with Crippen molar-refractivity contribution in [3.8, 4) is 0 Å². The zero-order valence-electron chi connectivity index (χ0n) is 18.7. The number of H-pyrrole nitrogens is 1. The van der Waals surface area contributed by atoms with Gasteiger partial charge in [0.1, 0.15) is 21.4 Å². The number of nitrogens with zero attached hydrogens (tertiary/aromatic N) is 3. The molecule has 0 unspecified atom stereocenters. The molecule has 33 heavy (non-hydrogen) atoms. The average Bonchev–Trinajstić information content (AvgIpc) is 3.16. The number of rotatable bonds is 4. The van der Waals surface area contributed by atoms with E-state index in [2.05, 4.69) is 16.8 Å². The molecule has 3 aromatic rings. The van der Waals surface area contributed by atoms with Gasteiger partial charge in [-0.3, -0.25) is 9.69 Å². The van der Waals surface area contributed by atoms with E-state index in [4.69, 9.17) is 4.98 Å². The molecule has 0 bridgehead atoms. The molecule has 7 nitrogen and oxygen atoms in total. The van der Waals surface area contributed by atoms with Crippen LogP contribution in [0.5, 0.6) is 0 Å². The van der Waals surface area contributed by atoms with Crippen LogP contribution in [0.15, 0.2) is 34.0 Å². The van der Waals surface area contributed by atoms with Crippen LogP contribution in [0.2, 0.25) is 0 Å². The second-order valence-electron chi connectivity index (χ2n) is 9.03. The molecule has 1 N–H and O–H groups in total. The Bertz CT molecular complexity index is 1360. The van der Waals surface area contributed by atoms with Crippen molar-refractivity contribution >= 4 is 31.6 Å². The third-order valence-electron chi connectivity index (χ3n) is 6.85. The molecule has 2 aliphatic rings. The number of aromatic amines is 1. The minimum atomic E-state index is -3.89. The fourth-order valence-electron chi connectivity index (χ4n) is 4.86. The molecule has 3 heterocycles. The van der Waals surface area contributed by atoms with Gasteiger partial charge >= 0.3 is 0 Å². The second-order valence-corrected chi connectivity index (χ2v) is 12.0. The molecule has 0 radical (unpaired) electrons. The van der Waals surface area contributed by atoms with Crippen LogP contribution in [0.3, 0.4) is 0 Å². The molecule has 176 valence electrons. The van der Waals surface area contributed by atoms with Crippen molar-refractivity contribution in [2.45, 2.75) is 44.0 Å². The first-order valence-electron chi connectivity index (χ1n) is 11.3. The minimum Gasteiger partial charge on any atom is -0.309 e. The maximum atomic E-state index is 14.1. The van der Waals surface area contributed by atoms with Gasteiger partial charge in [0, 0.05) is 31.1 Å². The monoisotopic (exact) mass is 490 g/mol. The summed E-state index contributed by atoms with van der Waals surface area (Å²) in [5, 5.41) is 0.735. The molecular formula is C23H27FN4O3S2. The van der Waals surface area contributed by atoms with Crippen LogP contribution in [0.25, 0.3) is 10.2 Å². The molecular weight excluding hydrogens is 463 g/mol. The van der Waals surface area contributed by atoms with E-state index < -0.39 is 15.8 Å². The summed E-state index contributed by atoms with van der Waals surface area (Å²) in [6, 6.07) is 5.29. The number of benzene rings is 1. The highest BCUT2D eigenvalue weighted by Crippen LogP contribution is 2.36. The van der Waals surface area contributed by atoms with E-state index in [9.17, 15) is 17.6 Å². The number of nitrogens with one attached hydrogen (secondary N) is 1. The molecule has 1 aliphatic heterocycles. The molecule has 1 aromatic carbocycles. The number of hydrogen-bond donors (Lipinski definition) is 1. The first-order chi connectivity index (χ1) is 15.8. The number of aryl methyl sites for hydroxylation is 1. The Kier molecular flexibility index (Phi) is 5.88. The van der Waals surface area contributed by atoms with E-state index >= 15 is 0 Å². The Morgan fingerprint density at radius 3 is 2.67 bits per heavy atom. The zero-order valence-corrected chi connectivity index (χ0v) is 20.3. The third-order valence-corrected chi connectivity index (χ3v) is 9.94. The van der Waals surface area contributed by atoms with E-state index in [1.807, 2.05) is 6.92 Å². The predicted octanol–water partition coefficient (Wildman–Crippen LogP) is 3.32. The number of piperazine rings is 1. The molecule has 5 rings (SSSR count). The van der Waals surface area contributed by atoms with Crippen LogP contribution in [-0.4, -0.2) is 53.8 Å². The number of halogens is 1. The largest absolute Gasteiger partial charge is 0.309 e. The lowest BCUT2D eigenvalue weighted by molar-refractivity contribution is 0.141. The van der Waals surface area contributed by atoms with Gasteiger partial charge in [-0.1, -0.05) is 19.1 Å². The molecule has 10 heteroatoms. The van der Waals surface area contributed by atoms with Gasteiger partial charge in [0.25, 0.3) is 5.56 Å². The molecule has 0 amide bonds. The topological polar surface area (TPSA) is 86.4 Å². The Hall–Kier alpha value is -2.14. The summed E-state index contributed by atoms with van der Waals surface area (Å²) in [5.41, 5.74) is 1.07. The van der Waals surface area contributed by atoms with Crippen LogP contribution in [0, 0.1) is 11.7 Å². The molecule has 1 fully saturated rings. The zero-order chi connectivity index (χ0) is 23.3. The number of sulfonamides is 1. The summed E-state index contributed by atoms with van der Waals surface area (Å²) >= 11 is 1.63. The van der Waals surface area contributed by atoms with Crippen LogP contribution >= 0.6 is 11.3 Å². The van der Waals surface area contributed by atoms with Crippen molar-refractivity contribution in [3.63, 3.8) is 0 Å². The quantitative estimate of drug-likeness (QED) is 0.606. The first kappa shape index (κ1) is 22.6. The lowest BCUT2D eigenvalue weighted by atomic mass is 9.89. The molecule has 1 aliphatic carbocycles. The van der Waals surface area contributed by atoms with Crippen molar-refractivity contribution in [3.05, 3.63) is 56.7 Å². The van der Waals surface area contributed by atoms with Crippen molar-refractivity contribution in [2.24, 2.45) is 5.92 Å². The fraction of sp³-hybridized carbons (Fsp3) is 0.478. The van der Waals surface area contributed by atoms with E-state index in [0.29, 0.717) is 24.8 Å². The fourth-order valence-corrected chi connectivity index (χ4v) is 7.74. The van der Waals surface area contributed by atoms with Gasteiger partial charge in [0.2, 0.25) is 10.0 Å². The highest BCUT2D eigenvalue weighted by Gasteiger charge is 2.33. The lowest BCUT2D eigenvalue weighted by Crippen LogP contribution is -2.49. The van der Waals surface area contributed by atoms with Gasteiger partial charge in [-0.2, -0.15) is 4.31 Å². The first-order valence-corrected chi connectivity index (χ1v) is 13.5. The summed E-state index contributed by atoms with van der Waals surface area (Å²) in [4.78, 5) is 24.6. The Balaban J connectivity index is 1.35. The third kappa shape index (κ3) is 4.03. The molecule has 2 atom stereocenters. The van der Waals surface area contributed by atoms with Gasteiger partial charge in [-0.15, -0.1) is 11.3 Å². The standard InChI is InChI=1S/C23H27FN4O3S2/c1-14-7-8-16-18(13-14)32-23-20(16)22(29)25-21(26-23)15(2)27-9-11-28(12-10-27)33(30,31)19-6-4-3-5-17(19)24/h3-6,14-15H,7-13H2,1-2H3,(H,25,26,29)/t14-,15+/m1/s1.